The minimum Gasteiger partial charge on any atom is -0.507 e. The third-order valence-corrected chi connectivity index (χ3v) is 6.33. The molecule has 0 spiro atoms. The van der Waals surface area contributed by atoms with Crippen LogP contribution in [0.25, 0.3) is 0 Å². The van der Waals surface area contributed by atoms with E-state index in [1.165, 1.54) is 42.7 Å². The molecule has 3 rings (SSSR count). The number of hydrogen-bond acceptors (Lipinski definition) is 13. The van der Waals surface area contributed by atoms with E-state index in [1.807, 2.05) is 0 Å². The summed E-state index contributed by atoms with van der Waals surface area (Å²) >= 11 is 0. The molecule has 3 aromatic carbocycles. The van der Waals surface area contributed by atoms with E-state index in [-0.39, 0.29) is 74.0 Å². The monoisotopic (exact) mass is 581 g/mol. The molecule has 216 valence electrons. The van der Waals surface area contributed by atoms with E-state index in [4.69, 9.17) is 10.00 Å². The van der Waals surface area contributed by atoms with Gasteiger partial charge in [-0.2, -0.15) is 5.26 Å². The van der Waals surface area contributed by atoms with E-state index in [9.17, 15) is 34.5 Å². The Morgan fingerprint density at radius 3 is 1.26 bits per heavy atom. The lowest BCUT2D eigenvalue weighted by Gasteiger charge is -2.17. The number of carbonyl (C=O) groups excluding carboxylic acids is 4. The van der Waals surface area contributed by atoms with Gasteiger partial charge in [0.25, 0.3) is 6.26 Å². The number of phenols is 3. The van der Waals surface area contributed by atoms with Gasteiger partial charge in [0.05, 0.1) is 26.2 Å². The van der Waals surface area contributed by atoms with Gasteiger partial charge in [0.15, 0.2) is 0 Å². The number of nitriles is 1. The van der Waals surface area contributed by atoms with Crippen LogP contribution in [-0.4, -0.2) is 39.6 Å². The fourth-order valence-electron chi connectivity index (χ4n) is 4.55. The van der Waals surface area contributed by atoms with Gasteiger partial charge in [-0.15, -0.1) is 0 Å². The lowest BCUT2D eigenvalue weighted by atomic mass is 9.92. The highest BCUT2D eigenvalue weighted by Crippen LogP contribution is 2.36. The van der Waals surface area contributed by atoms with Gasteiger partial charge in [-0.05, 0) is 75.3 Å². The highest BCUT2D eigenvalue weighted by Gasteiger charge is 2.18. The van der Waals surface area contributed by atoms with Gasteiger partial charge in [0.2, 0.25) is 24.3 Å². The van der Waals surface area contributed by atoms with Gasteiger partial charge in [-0.1, -0.05) is 0 Å². The van der Waals surface area contributed by atoms with Gasteiger partial charge in [0, 0.05) is 24.0 Å². The van der Waals surface area contributed by atoms with Crippen LogP contribution in [0.2, 0.25) is 0 Å². The van der Waals surface area contributed by atoms with Crippen molar-refractivity contribution in [3.05, 3.63) is 86.5 Å². The first-order chi connectivity index (χ1) is 20.8. The molecule has 13 heteroatoms. The molecule has 13 nitrogen and oxygen atoms in total. The van der Waals surface area contributed by atoms with Gasteiger partial charge >= 0.3 is 0 Å². The lowest BCUT2D eigenvalue weighted by molar-refractivity contribution is 0.252. The van der Waals surface area contributed by atoms with Crippen molar-refractivity contribution in [1.29, 1.82) is 5.26 Å². The van der Waals surface area contributed by atoms with Crippen LogP contribution >= 0.6 is 0 Å². The van der Waals surface area contributed by atoms with Gasteiger partial charge < -0.3 is 20.1 Å². The standard InChI is InChI=1S/C30H23N5O8/c31-14-43-13-27-6-21(11-34-17-38)4-25(30(27)42)8-23-2-19(9-32-15-36)1-22(28(23)40)7-24-3-20(10-33-16-37)5-26(29(24)41)12-35-18-39/h1-6,40-42H,7-13H2. The summed E-state index contributed by atoms with van der Waals surface area (Å²) in [6, 6.07) is 9.36. The number of aromatic hydroxyl groups is 3. The molecule has 0 saturated heterocycles. The summed E-state index contributed by atoms with van der Waals surface area (Å²) in [6.07, 6.45) is 7.19. The van der Waals surface area contributed by atoms with Crippen LogP contribution in [0.15, 0.2) is 56.4 Å². The second-order valence-electron chi connectivity index (χ2n) is 9.15. The predicted octanol–water partition coefficient (Wildman–Crippen LogP) is 3.33. The van der Waals surface area contributed by atoms with Crippen molar-refractivity contribution >= 4 is 24.3 Å². The van der Waals surface area contributed by atoms with E-state index in [2.05, 4.69) is 20.0 Å². The molecule has 0 radical (unpaired) electrons. The first-order valence-electron chi connectivity index (χ1n) is 12.5. The van der Waals surface area contributed by atoms with E-state index >= 15 is 0 Å². The van der Waals surface area contributed by atoms with Crippen LogP contribution < -0.4 is 0 Å². The zero-order valence-corrected chi connectivity index (χ0v) is 22.5. The van der Waals surface area contributed by atoms with Crippen LogP contribution in [0.1, 0.15) is 50.1 Å². The molecular formula is C30H23N5O8. The molecule has 0 saturated carbocycles. The SMILES string of the molecule is N#COCc1cc(CN=C=O)cc(Cc2cc(CN=C=O)cc(Cc3cc(CN=C=O)cc(CN=C=O)c3O)c2O)c1O. The molecule has 0 aliphatic rings. The molecule has 0 atom stereocenters. The van der Waals surface area contributed by atoms with Crippen molar-refractivity contribution in [2.45, 2.75) is 45.6 Å². The highest BCUT2D eigenvalue weighted by atomic mass is 16.5. The highest BCUT2D eigenvalue weighted by molar-refractivity contribution is 5.54. The summed E-state index contributed by atoms with van der Waals surface area (Å²) in [5, 5.41) is 42.0. The number of hydrogen-bond donors (Lipinski definition) is 3. The van der Waals surface area contributed by atoms with Gasteiger partial charge in [0.1, 0.15) is 23.9 Å². The Kier molecular flexibility index (Phi) is 11.4. The molecule has 0 aromatic heterocycles. The third kappa shape index (κ3) is 8.43. The fourth-order valence-corrected chi connectivity index (χ4v) is 4.55. The third-order valence-electron chi connectivity index (χ3n) is 6.33. The van der Waals surface area contributed by atoms with E-state index in [0.717, 1.165) is 0 Å². The molecule has 0 heterocycles. The minimum absolute atomic E-state index is 0.0406. The molecule has 0 bridgehead atoms. The average Bonchev–Trinajstić information content (AvgIpc) is 3.00. The van der Waals surface area contributed by atoms with Crippen molar-refractivity contribution in [2.24, 2.45) is 20.0 Å². The smallest absolute Gasteiger partial charge is 0.286 e. The Hall–Kier alpha value is -6.13. The molecular weight excluding hydrogens is 558 g/mol. The zero-order valence-electron chi connectivity index (χ0n) is 22.5. The van der Waals surface area contributed by atoms with Crippen molar-refractivity contribution in [3.8, 4) is 23.5 Å². The Morgan fingerprint density at radius 1 is 0.535 bits per heavy atom. The molecule has 43 heavy (non-hydrogen) atoms. The zero-order chi connectivity index (χ0) is 31.2. The van der Waals surface area contributed by atoms with Gasteiger partial charge in [-0.3, -0.25) is 0 Å². The number of nitrogens with zero attached hydrogens (tertiary/aromatic N) is 5. The van der Waals surface area contributed by atoms with Crippen LogP contribution in [0.3, 0.4) is 0 Å². The first-order valence-corrected chi connectivity index (χ1v) is 12.5. The maximum atomic E-state index is 11.3. The average molecular weight is 582 g/mol. The van der Waals surface area contributed by atoms with E-state index in [1.54, 1.807) is 24.3 Å². The predicted molar refractivity (Wildman–Crippen MR) is 148 cm³/mol. The number of isocyanates is 4. The summed E-state index contributed by atoms with van der Waals surface area (Å²) in [5.74, 6) is -0.585. The van der Waals surface area contributed by atoms with Crippen molar-refractivity contribution in [3.63, 3.8) is 0 Å². The number of rotatable bonds is 14. The van der Waals surface area contributed by atoms with Gasteiger partial charge in [-0.25, -0.2) is 39.1 Å². The van der Waals surface area contributed by atoms with Crippen molar-refractivity contribution in [1.82, 2.24) is 0 Å². The molecule has 0 aliphatic heterocycles. The van der Waals surface area contributed by atoms with Crippen molar-refractivity contribution < 1.29 is 39.2 Å². The Morgan fingerprint density at radius 2 is 0.860 bits per heavy atom. The topological polar surface area (TPSA) is 211 Å². The first kappa shape index (κ1) is 31.4. The summed E-state index contributed by atoms with van der Waals surface area (Å²) in [5.41, 5.74) is 3.33. The molecule has 0 aliphatic carbocycles. The molecule has 0 fully saturated rings. The Bertz CT molecular complexity index is 1760. The van der Waals surface area contributed by atoms with Crippen LogP contribution in [0, 0.1) is 11.5 Å². The molecule has 3 N–H and O–H groups in total. The fraction of sp³-hybridized carbons (Fsp3) is 0.233. The summed E-state index contributed by atoms with van der Waals surface area (Å²) in [4.78, 5) is 57.1. The van der Waals surface area contributed by atoms with Crippen molar-refractivity contribution in [2.75, 3.05) is 0 Å². The summed E-state index contributed by atoms with van der Waals surface area (Å²) in [7, 11) is 0. The largest absolute Gasteiger partial charge is 0.507 e. The van der Waals surface area contributed by atoms with E-state index < -0.39 is 0 Å². The summed E-state index contributed by atoms with van der Waals surface area (Å²) in [6.45, 7) is -0.624. The number of phenolic OH excluding ortho intramolecular Hbond substituents is 3. The minimum atomic E-state index is -0.250. The van der Waals surface area contributed by atoms with Crippen LogP contribution in [-0.2, 0) is 69.5 Å². The maximum Gasteiger partial charge on any atom is 0.286 e. The second-order valence-corrected chi connectivity index (χ2v) is 9.15. The van der Waals surface area contributed by atoms with Crippen LogP contribution in [0.4, 0.5) is 0 Å². The molecule has 0 unspecified atom stereocenters. The number of aliphatic imine (C=N–C) groups is 4. The lowest BCUT2D eigenvalue weighted by Crippen LogP contribution is -2.02. The molecule has 3 aromatic rings. The maximum absolute atomic E-state index is 11.3. The Labute approximate surface area is 244 Å². The normalized spacial score (nSPS) is 9.84. The summed E-state index contributed by atoms with van der Waals surface area (Å²) < 4.78 is 4.78. The second kappa shape index (κ2) is 15.6. The van der Waals surface area contributed by atoms with E-state index in [0.29, 0.717) is 38.9 Å². The van der Waals surface area contributed by atoms with Crippen LogP contribution in [0.5, 0.6) is 17.2 Å². The quantitative estimate of drug-likeness (QED) is 0.144. The number of benzene rings is 3. The Balaban J connectivity index is 2.15. The number of ether oxygens (including phenoxy) is 1. The molecule has 0 amide bonds.